The molecule has 1 aromatic heterocycles. The normalized spacial score (nSPS) is 16.5. The van der Waals surface area contributed by atoms with Gasteiger partial charge in [0.15, 0.2) is 0 Å². The van der Waals surface area contributed by atoms with Crippen LogP contribution in [0.25, 0.3) is 0 Å². The first-order valence-corrected chi connectivity index (χ1v) is 9.60. The van der Waals surface area contributed by atoms with Crippen molar-refractivity contribution in [2.45, 2.75) is 38.7 Å². The van der Waals surface area contributed by atoms with Gasteiger partial charge in [0.1, 0.15) is 16.8 Å². The summed E-state index contributed by atoms with van der Waals surface area (Å²) < 4.78 is 5.85. The zero-order valence-corrected chi connectivity index (χ0v) is 15.3. The molecule has 128 valence electrons. The molecule has 1 saturated heterocycles. The number of ether oxygens (including phenoxy) is 1. The van der Waals surface area contributed by atoms with Crippen molar-refractivity contribution in [1.29, 1.82) is 5.26 Å². The summed E-state index contributed by atoms with van der Waals surface area (Å²) in [6.45, 7) is 6.24. The van der Waals surface area contributed by atoms with E-state index in [0.717, 1.165) is 47.8 Å². The van der Waals surface area contributed by atoms with Gasteiger partial charge in [-0.05, 0) is 44.7 Å². The fraction of sp³-hybridized carbons (Fsp3) is 0.400. The number of rotatable bonds is 4. The van der Waals surface area contributed by atoms with E-state index < -0.39 is 0 Å². The van der Waals surface area contributed by atoms with Crippen molar-refractivity contribution < 1.29 is 4.74 Å². The van der Waals surface area contributed by atoms with E-state index in [-0.39, 0.29) is 6.10 Å². The predicted molar refractivity (Wildman–Crippen MR) is 103 cm³/mol. The van der Waals surface area contributed by atoms with E-state index in [1.54, 1.807) is 11.3 Å². The second-order valence-corrected chi connectivity index (χ2v) is 7.81. The van der Waals surface area contributed by atoms with Crippen molar-refractivity contribution in [2.75, 3.05) is 18.0 Å². The van der Waals surface area contributed by atoms with Crippen LogP contribution in [0.5, 0.6) is 5.75 Å². The minimum Gasteiger partial charge on any atom is -0.490 e. The summed E-state index contributed by atoms with van der Waals surface area (Å²) >= 11 is 1.65. The molecular formula is C20H21N3OS. The fourth-order valence-electron chi connectivity index (χ4n) is 3.68. The summed E-state index contributed by atoms with van der Waals surface area (Å²) in [7, 11) is 0. The highest BCUT2D eigenvalue weighted by Gasteiger charge is 2.36. The van der Waals surface area contributed by atoms with Crippen LogP contribution in [-0.4, -0.2) is 25.4 Å². The van der Waals surface area contributed by atoms with Crippen LogP contribution < -0.4 is 9.64 Å². The molecule has 0 amide bonds. The second-order valence-electron chi connectivity index (χ2n) is 6.84. The van der Waals surface area contributed by atoms with Crippen molar-refractivity contribution in [1.82, 2.24) is 0 Å². The molecular weight excluding hydrogens is 330 g/mol. The molecule has 2 bridgehead atoms. The Bertz CT molecular complexity index is 854. The first-order chi connectivity index (χ1) is 12.2. The van der Waals surface area contributed by atoms with Crippen LogP contribution in [0.3, 0.4) is 0 Å². The Morgan fingerprint density at radius 3 is 2.80 bits per heavy atom. The molecule has 0 atom stereocenters. The number of piperidine rings is 1. The van der Waals surface area contributed by atoms with Crippen LogP contribution in [0.15, 0.2) is 29.3 Å². The standard InChI is InChI=1S/C20H21N3OS/c1-13(2)24-17-6-4-3-5-15(17)12-22-19-16(11-21)18-14-7-9-23(10-8-14)20(18)25-19/h3-6,12-14H,7-10H2,1-2H3. The quantitative estimate of drug-likeness (QED) is 0.740. The highest BCUT2D eigenvalue weighted by atomic mass is 32.1. The van der Waals surface area contributed by atoms with Crippen molar-refractivity contribution in [3.8, 4) is 11.8 Å². The summed E-state index contributed by atoms with van der Waals surface area (Å²) in [5.41, 5.74) is 2.95. The first-order valence-electron chi connectivity index (χ1n) is 8.79. The molecule has 1 fully saturated rings. The fourth-order valence-corrected chi connectivity index (χ4v) is 4.92. The van der Waals surface area contributed by atoms with Crippen LogP contribution in [0, 0.1) is 11.3 Å². The summed E-state index contributed by atoms with van der Waals surface area (Å²) in [6.07, 6.45) is 4.26. The molecule has 0 radical (unpaired) electrons. The SMILES string of the molecule is CC(C)Oc1ccccc1C=Nc1sc2c(c1C#N)C1CCN2CC1. The van der Waals surface area contributed by atoms with Crippen LogP contribution in [-0.2, 0) is 0 Å². The smallest absolute Gasteiger partial charge is 0.136 e. The molecule has 3 aliphatic heterocycles. The Balaban J connectivity index is 1.70. The highest BCUT2D eigenvalue weighted by molar-refractivity contribution is 7.20. The summed E-state index contributed by atoms with van der Waals surface area (Å²) in [4.78, 5) is 7.09. The molecule has 5 rings (SSSR count). The van der Waals surface area contributed by atoms with Gasteiger partial charge in [-0.1, -0.05) is 23.5 Å². The number of nitrogens with zero attached hydrogens (tertiary/aromatic N) is 3. The minimum absolute atomic E-state index is 0.113. The van der Waals surface area contributed by atoms with Crippen molar-refractivity contribution in [3.05, 3.63) is 41.0 Å². The molecule has 0 saturated carbocycles. The Hall–Kier alpha value is -2.32. The number of fused-ring (bicyclic) bond motifs is 2. The van der Waals surface area contributed by atoms with Gasteiger partial charge in [-0.3, -0.25) is 0 Å². The molecule has 0 N–H and O–H groups in total. The number of thiophene rings is 1. The van der Waals surface area contributed by atoms with Crippen molar-refractivity contribution >= 4 is 27.6 Å². The van der Waals surface area contributed by atoms with Gasteiger partial charge in [-0.15, -0.1) is 0 Å². The van der Waals surface area contributed by atoms with Crippen LogP contribution in [0.2, 0.25) is 0 Å². The largest absolute Gasteiger partial charge is 0.490 e. The van der Waals surface area contributed by atoms with E-state index in [1.807, 2.05) is 44.3 Å². The lowest BCUT2D eigenvalue weighted by atomic mass is 9.84. The zero-order chi connectivity index (χ0) is 17.4. The van der Waals surface area contributed by atoms with Gasteiger partial charge in [0.05, 0.1) is 16.7 Å². The third-order valence-electron chi connectivity index (χ3n) is 4.81. The molecule has 4 nitrogen and oxygen atoms in total. The Kier molecular flexibility index (Phi) is 4.22. The Morgan fingerprint density at radius 1 is 1.32 bits per heavy atom. The number of para-hydroxylation sites is 1. The van der Waals surface area contributed by atoms with E-state index in [4.69, 9.17) is 4.74 Å². The maximum atomic E-state index is 9.70. The van der Waals surface area contributed by atoms with Gasteiger partial charge in [0.2, 0.25) is 0 Å². The molecule has 3 aliphatic rings. The molecule has 5 heteroatoms. The highest BCUT2D eigenvalue weighted by Crippen LogP contribution is 2.52. The number of nitriles is 1. The van der Waals surface area contributed by atoms with E-state index in [9.17, 15) is 5.26 Å². The summed E-state index contributed by atoms with van der Waals surface area (Å²) in [6, 6.07) is 10.3. The summed E-state index contributed by atoms with van der Waals surface area (Å²) in [5, 5.41) is 11.8. The zero-order valence-electron chi connectivity index (χ0n) is 14.5. The van der Waals surface area contributed by atoms with Crippen molar-refractivity contribution in [3.63, 3.8) is 0 Å². The van der Waals surface area contributed by atoms with E-state index >= 15 is 0 Å². The molecule has 2 aromatic rings. The third kappa shape index (κ3) is 2.91. The monoisotopic (exact) mass is 351 g/mol. The van der Waals surface area contributed by atoms with Gasteiger partial charge in [0, 0.05) is 30.4 Å². The van der Waals surface area contributed by atoms with E-state index in [0.29, 0.717) is 5.92 Å². The number of hydrogen-bond acceptors (Lipinski definition) is 5. The lowest BCUT2D eigenvalue weighted by Gasteiger charge is -2.39. The topological polar surface area (TPSA) is 48.6 Å². The predicted octanol–water partition coefficient (Wildman–Crippen LogP) is 4.85. The number of aliphatic imine (C=N–C) groups is 1. The number of hydrogen-bond donors (Lipinski definition) is 0. The first kappa shape index (κ1) is 16.2. The van der Waals surface area contributed by atoms with Crippen LogP contribution >= 0.6 is 11.3 Å². The summed E-state index contributed by atoms with van der Waals surface area (Å²) in [5.74, 6) is 1.36. The molecule has 4 heterocycles. The maximum Gasteiger partial charge on any atom is 0.136 e. The Labute approximate surface area is 152 Å². The van der Waals surface area contributed by atoms with Crippen LogP contribution in [0.4, 0.5) is 10.0 Å². The van der Waals surface area contributed by atoms with Gasteiger partial charge < -0.3 is 9.64 Å². The number of benzene rings is 1. The minimum atomic E-state index is 0.113. The lowest BCUT2D eigenvalue weighted by Crippen LogP contribution is -2.37. The average molecular weight is 351 g/mol. The van der Waals surface area contributed by atoms with E-state index in [2.05, 4.69) is 16.0 Å². The molecule has 0 aliphatic carbocycles. The third-order valence-corrected chi connectivity index (χ3v) is 5.99. The van der Waals surface area contributed by atoms with E-state index in [1.165, 1.54) is 10.6 Å². The maximum absolute atomic E-state index is 9.70. The molecule has 0 spiro atoms. The van der Waals surface area contributed by atoms with Gasteiger partial charge in [0.25, 0.3) is 0 Å². The van der Waals surface area contributed by atoms with Crippen LogP contribution in [0.1, 0.15) is 49.3 Å². The van der Waals surface area contributed by atoms with Gasteiger partial charge in [-0.2, -0.15) is 5.26 Å². The van der Waals surface area contributed by atoms with Crippen molar-refractivity contribution in [2.24, 2.45) is 4.99 Å². The number of anilines is 1. The Morgan fingerprint density at radius 2 is 2.08 bits per heavy atom. The van der Waals surface area contributed by atoms with Gasteiger partial charge in [-0.25, -0.2) is 4.99 Å². The average Bonchev–Trinajstić information content (AvgIpc) is 3.02. The molecule has 25 heavy (non-hydrogen) atoms. The molecule has 1 aromatic carbocycles. The molecule has 0 unspecified atom stereocenters. The lowest BCUT2D eigenvalue weighted by molar-refractivity contribution is 0.242. The second kappa shape index (κ2) is 6.53. The van der Waals surface area contributed by atoms with Gasteiger partial charge >= 0.3 is 0 Å².